The van der Waals surface area contributed by atoms with Crippen molar-refractivity contribution in [1.82, 2.24) is 15.0 Å². The summed E-state index contributed by atoms with van der Waals surface area (Å²) in [4.78, 5) is 22.6. The summed E-state index contributed by atoms with van der Waals surface area (Å²) in [5, 5.41) is 16.4. The monoisotopic (exact) mass is 231 g/mol. The number of fused-ring (bicyclic) bond motifs is 1. The van der Waals surface area contributed by atoms with Gasteiger partial charge in [-0.3, -0.25) is 0 Å². The molecule has 2 aromatic rings. The second-order valence-electron chi connectivity index (χ2n) is 3.39. The maximum Gasteiger partial charge on any atom is 0.369 e. The number of cyclic esters (lactones) is 2. The van der Waals surface area contributed by atoms with Gasteiger partial charge in [-0.15, -0.1) is 5.10 Å². The minimum absolute atomic E-state index is 0.000639. The number of carbonyl (C=O) groups is 2. The summed E-state index contributed by atoms with van der Waals surface area (Å²) in [7, 11) is 0. The molecule has 0 amide bonds. The van der Waals surface area contributed by atoms with Gasteiger partial charge in [0.05, 0.1) is 5.69 Å². The van der Waals surface area contributed by atoms with Crippen molar-refractivity contribution in [1.29, 1.82) is 0 Å². The number of carbonyl (C=O) groups excluding carboxylic acids is 2. The van der Waals surface area contributed by atoms with E-state index in [1.165, 1.54) is 16.8 Å². The lowest BCUT2D eigenvalue weighted by Gasteiger charge is -2.01. The molecule has 0 saturated carbocycles. The average Bonchev–Trinajstić information content (AvgIpc) is 2.84. The van der Waals surface area contributed by atoms with Gasteiger partial charge < -0.3 is 9.84 Å². The Labute approximate surface area is 94.2 Å². The van der Waals surface area contributed by atoms with E-state index < -0.39 is 11.9 Å². The normalized spacial score (nSPS) is 13.6. The van der Waals surface area contributed by atoms with Crippen molar-refractivity contribution in [2.45, 2.75) is 0 Å². The number of phenols is 1. The number of aromatic nitrogens is 3. The fraction of sp³-hybridized carbons (Fsp3) is 0. The van der Waals surface area contributed by atoms with Crippen LogP contribution in [0, 0.1) is 0 Å². The smallest absolute Gasteiger partial charge is 0.369 e. The highest BCUT2D eigenvalue weighted by Gasteiger charge is 2.37. The second-order valence-corrected chi connectivity index (χ2v) is 3.39. The Morgan fingerprint density at radius 1 is 1.12 bits per heavy atom. The van der Waals surface area contributed by atoms with Crippen LogP contribution in [0.2, 0.25) is 0 Å². The lowest BCUT2D eigenvalue weighted by molar-refractivity contribution is 0.0434. The first-order valence-electron chi connectivity index (χ1n) is 4.68. The third-order valence-electron chi connectivity index (χ3n) is 2.34. The molecule has 84 valence electrons. The van der Waals surface area contributed by atoms with Gasteiger partial charge in [0.1, 0.15) is 5.75 Å². The molecule has 0 fully saturated rings. The van der Waals surface area contributed by atoms with Crippen LogP contribution in [-0.2, 0) is 4.74 Å². The Balaban J connectivity index is 2.18. The van der Waals surface area contributed by atoms with E-state index in [0.717, 1.165) is 0 Å². The third kappa shape index (κ3) is 1.29. The Bertz CT molecular complexity index is 630. The molecule has 0 saturated heterocycles. The molecule has 1 aromatic carbocycles. The van der Waals surface area contributed by atoms with Crippen molar-refractivity contribution in [2.75, 3.05) is 0 Å². The molecule has 0 atom stereocenters. The number of aromatic hydroxyl groups is 1. The van der Waals surface area contributed by atoms with Gasteiger partial charge in [-0.1, -0.05) is 5.21 Å². The van der Waals surface area contributed by atoms with Crippen LogP contribution in [0.1, 0.15) is 21.0 Å². The summed E-state index contributed by atoms with van der Waals surface area (Å²) in [5.74, 6) is -1.48. The van der Waals surface area contributed by atoms with Crippen molar-refractivity contribution in [3.8, 4) is 11.4 Å². The molecule has 0 spiro atoms. The largest absolute Gasteiger partial charge is 0.508 e. The molecular formula is C10H5N3O4. The van der Waals surface area contributed by atoms with E-state index in [-0.39, 0.29) is 17.1 Å². The molecule has 17 heavy (non-hydrogen) atoms. The maximum absolute atomic E-state index is 11.4. The number of esters is 2. The summed E-state index contributed by atoms with van der Waals surface area (Å²) in [6.45, 7) is 0. The first-order chi connectivity index (χ1) is 8.16. The van der Waals surface area contributed by atoms with Crippen LogP contribution in [0.15, 0.2) is 24.3 Å². The minimum atomic E-state index is -0.796. The van der Waals surface area contributed by atoms with Crippen molar-refractivity contribution >= 4 is 11.9 Å². The number of phenolic OH excluding ortho intramolecular Hbond substituents is 1. The molecule has 3 rings (SSSR count). The molecule has 1 aromatic heterocycles. The Morgan fingerprint density at radius 2 is 1.82 bits per heavy atom. The van der Waals surface area contributed by atoms with Crippen LogP contribution < -0.4 is 0 Å². The number of hydrogen-bond acceptors (Lipinski definition) is 6. The standard InChI is InChI=1S/C10H5N3O4/c14-6-3-1-5(2-4-6)13-8-7(11-12-13)9(15)17-10(8)16/h1-4,14H. The zero-order valence-corrected chi connectivity index (χ0v) is 8.32. The zero-order chi connectivity index (χ0) is 12.0. The highest BCUT2D eigenvalue weighted by Crippen LogP contribution is 2.21. The first kappa shape index (κ1) is 9.52. The molecule has 7 heteroatoms. The number of rotatable bonds is 1. The summed E-state index contributed by atoms with van der Waals surface area (Å²) >= 11 is 0. The molecule has 7 nitrogen and oxygen atoms in total. The number of benzene rings is 1. The molecule has 1 aliphatic rings. The van der Waals surface area contributed by atoms with E-state index in [0.29, 0.717) is 5.69 Å². The van der Waals surface area contributed by atoms with Gasteiger partial charge in [0.2, 0.25) is 5.69 Å². The quantitative estimate of drug-likeness (QED) is 0.559. The van der Waals surface area contributed by atoms with Gasteiger partial charge in [0, 0.05) is 0 Å². The molecule has 2 heterocycles. The number of ether oxygens (including phenoxy) is 1. The Hall–Kier alpha value is -2.70. The predicted octanol–water partition coefficient (Wildman–Crippen LogP) is 0.283. The van der Waals surface area contributed by atoms with Crippen molar-refractivity contribution in [3.63, 3.8) is 0 Å². The van der Waals surface area contributed by atoms with Gasteiger partial charge in [-0.2, -0.15) is 0 Å². The zero-order valence-electron chi connectivity index (χ0n) is 8.32. The van der Waals surface area contributed by atoms with Crippen LogP contribution >= 0.6 is 0 Å². The topological polar surface area (TPSA) is 94.3 Å². The molecule has 0 unspecified atom stereocenters. The average molecular weight is 231 g/mol. The molecule has 0 bridgehead atoms. The van der Waals surface area contributed by atoms with Gasteiger partial charge in [0.15, 0.2) is 5.69 Å². The maximum atomic E-state index is 11.4. The van der Waals surface area contributed by atoms with Crippen molar-refractivity contribution in [3.05, 3.63) is 35.7 Å². The van der Waals surface area contributed by atoms with Crippen LogP contribution in [-0.4, -0.2) is 32.0 Å². The highest BCUT2D eigenvalue weighted by atomic mass is 16.6. The fourth-order valence-corrected chi connectivity index (χ4v) is 1.56. The van der Waals surface area contributed by atoms with Crippen LogP contribution in [0.4, 0.5) is 0 Å². The molecule has 0 aliphatic carbocycles. The van der Waals surface area contributed by atoms with Crippen molar-refractivity contribution < 1.29 is 19.4 Å². The van der Waals surface area contributed by atoms with E-state index in [4.69, 9.17) is 5.11 Å². The third-order valence-corrected chi connectivity index (χ3v) is 2.34. The second kappa shape index (κ2) is 3.14. The first-order valence-corrected chi connectivity index (χ1v) is 4.68. The fourth-order valence-electron chi connectivity index (χ4n) is 1.56. The summed E-state index contributed by atoms with van der Waals surface area (Å²) < 4.78 is 5.60. The molecule has 1 N–H and O–H groups in total. The van der Waals surface area contributed by atoms with E-state index >= 15 is 0 Å². The molecule has 0 radical (unpaired) electrons. The van der Waals surface area contributed by atoms with Gasteiger partial charge in [0.25, 0.3) is 0 Å². The SMILES string of the molecule is O=C1OC(=O)c2c1nnn2-c1ccc(O)cc1. The summed E-state index contributed by atoms with van der Waals surface area (Å²) in [6.07, 6.45) is 0. The molecular weight excluding hydrogens is 226 g/mol. The predicted molar refractivity (Wildman–Crippen MR) is 52.8 cm³/mol. The van der Waals surface area contributed by atoms with E-state index in [9.17, 15) is 9.59 Å². The van der Waals surface area contributed by atoms with E-state index in [1.807, 2.05) is 0 Å². The Kier molecular flexibility index (Phi) is 1.76. The summed E-state index contributed by atoms with van der Waals surface area (Å²) in [6, 6.07) is 5.96. The van der Waals surface area contributed by atoms with Crippen molar-refractivity contribution in [2.24, 2.45) is 0 Å². The van der Waals surface area contributed by atoms with Gasteiger partial charge in [-0.25, -0.2) is 14.3 Å². The van der Waals surface area contributed by atoms with Crippen LogP contribution in [0.5, 0.6) is 5.75 Å². The van der Waals surface area contributed by atoms with Crippen LogP contribution in [0.3, 0.4) is 0 Å². The van der Waals surface area contributed by atoms with Gasteiger partial charge >= 0.3 is 11.9 Å². The number of nitrogens with zero attached hydrogens (tertiary/aromatic N) is 3. The van der Waals surface area contributed by atoms with E-state index in [1.54, 1.807) is 12.1 Å². The van der Waals surface area contributed by atoms with Crippen LogP contribution in [0.25, 0.3) is 5.69 Å². The highest BCUT2D eigenvalue weighted by molar-refractivity contribution is 6.12. The lowest BCUT2D eigenvalue weighted by atomic mass is 10.3. The Morgan fingerprint density at radius 3 is 2.53 bits per heavy atom. The lowest BCUT2D eigenvalue weighted by Crippen LogP contribution is -2.08. The minimum Gasteiger partial charge on any atom is -0.508 e. The summed E-state index contributed by atoms with van der Waals surface area (Å²) in [5.41, 5.74) is 0.409. The molecule has 1 aliphatic heterocycles. The van der Waals surface area contributed by atoms with E-state index in [2.05, 4.69) is 15.0 Å². The number of hydrogen-bond donors (Lipinski definition) is 1. The van der Waals surface area contributed by atoms with Gasteiger partial charge in [-0.05, 0) is 24.3 Å².